The summed E-state index contributed by atoms with van der Waals surface area (Å²) >= 11 is 7.08. The number of rotatable bonds is 2. The van der Waals surface area contributed by atoms with Crippen molar-refractivity contribution in [2.75, 3.05) is 0 Å². The van der Waals surface area contributed by atoms with Gasteiger partial charge in [0.1, 0.15) is 6.10 Å². The average Bonchev–Trinajstić information content (AvgIpc) is 2.71. The molecule has 0 spiro atoms. The Morgan fingerprint density at radius 3 is 2.50 bits per heavy atom. The Morgan fingerprint density at radius 1 is 1.21 bits per heavy atom. The normalized spacial score (nSPS) is 12.7. The summed E-state index contributed by atoms with van der Waals surface area (Å²) in [7, 11) is 0. The highest BCUT2D eigenvalue weighted by molar-refractivity contribution is 7.03. The van der Waals surface area contributed by atoms with Crippen LogP contribution in [-0.2, 0) is 0 Å². The van der Waals surface area contributed by atoms with Gasteiger partial charge >= 0.3 is 0 Å². The van der Waals surface area contributed by atoms with E-state index in [0.29, 0.717) is 10.7 Å². The molecule has 1 aromatic carbocycles. The molecule has 0 aliphatic carbocycles. The maximum Gasteiger partial charge on any atom is 0.122 e. The van der Waals surface area contributed by atoms with E-state index in [0.717, 1.165) is 5.56 Å². The third-order valence-corrected chi connectivity index (χ3v) is 2.75. The summed E-state index contributed by atoms with van der Waals surface area (Å²) in [5.41, 5.74) is 1.48. The molecule has 0 bridgehead atoms. The van der Waals surface area contributed by atoms with Crippen LogP contribution < -0.4 is 0 Å². The maximum absolute atomic E-state index is 9.87. The van der Waals surface area contributed by atoms with Crippen molar-refractivity contribution in [2.24, 2.45) is 0 Å². The van der Waals surface area contributed by atoms with Crippen LogP contribution in [0, 0.1) is 0 Å². The molecule has 0 aliphatic heterocycles. The van der Waals surface area contributed by atoms with Gasteiger partial charge in [0, 0.05) is 10.4 Å². The lowest BCUT2D eigenvalue weighted by molar-refractivity contribution is 0.216. The summed E-state index contributed by atoms with van der Waals surface area (Å²) in [6.45, 7) is 0. The van der Waals surface area contributed by atoms with Crippen LogP contribution in [0.5, 0.6) is 0 Å². The molecule has 1 unspecified atom stereocenters. The second-order valence-electron chi connectivity index (χ2n) is 2.88. The molecule has 1 N–H and O–H groups in total. The predicted octanol–water partition coefficient (Wildman–Crippen LogP) is 2.88. The molecule has 2 rings (SSSR count). The number of aliphatic hydroxyl groups is 1. The number of aromatic nitrogens is 1. The van der Waals surface area contributed by atoms with E-state index in [1.165, 1.54) is 11.5 Å². The van der Waals surface area contributed by atoms with Crippen LogP contribution in [-0.4, -0.2) is 9.48 Å². The second kappa shape index (κ2) is 4.09. The SMILES string of the molecule is OC(c1ccc(Cl)cc1)c1ccsn1. The first-order chi connectivity index (χ1) is 6.77. The average molecular weight is 226 g/mol. The zero-order valence-electron chi connectivity index (χ0n) is 7.22. The molecule has 4 heteroatoms. The molecule has 0 amide bonds. The van der Waals surface area contributed by atoms with Gasteiger partial charge in [0.25, 0.3) is 0 Å². The summed E-state index contributed by atoms with van der Waals surface area (Å²) in [5.74, 6) is 0. The van der Waals surface area contributed by atoms with Crippen molar-refractivity contribution in [3.8, 4) is 0 Å². The van der Waals surface area contributed by atoms with Crippen molar-refractivity contribution in [1.82, 2.24) is 4.37 Å². The molecule has 1 heterocycles. The molecule has 0 saturated heterocycles. The van der Waals surface area contributed by atoms with Crippen LogP contribution in [0.25, 0.3) is 0 Å². The zero-order chi connectivity index (χ0) is 9.97. The van der Waals surface area contributed by atoms with Crippen molar-refractivity contribution in [3.05, 3.63) is 52.0 Å². The molecule has 14 heavy (non-hydrogen) atoms. The molecule has 0 fully saturated rings. The Morgan fingerprint density at radius 2 is 1.93 bits per heavy atom. The van der Waals surface area contributed by atoms with E-state index in [9.17, 15) is 5.11 Å². The van der Waals surface area contributed by atoms with Crippen molar-refractivity contribution in [2.45, 2.75) is 6.10 Å². The molecule has 0 aliphatic rings. The Bertz CT molecular complexity index is 399. The fourth-order valence-electron chi connectivity index (χ4n) is 1.18. The summed E-state index contributed by atoms with van der Waals surface area (Å²) in [4.78, 5) is 0. The smallest absolute Gasteiger partial charge is 0.122 e. The lowest BCUT2D eigenvalue weighted by atomic mass is 10.1. The summed E-state index contributed by atoms with van der Waals surface area (Å²) < 4.78 is 4.07. The van der Waals surface area contributed by atoms with Crippen LogP contribution in [0.1, 0.15) is 17.4 Å². The largest absolute Gasteiger partial charge is 0.382 e. The van der Waals surface area contributed by atoms with E-state index in [1.54, 1.807) is 24.3 Å². The van der Waals surface area contributed by atoms with Crippen molar-refractivity contribution in [3.63, 3.8) is 0 Å². The van der Waals surface area contributed by atoms with Crippen LogP contribution in [0.15, 0.2) is 35.7 Å². The van der Waals surface area contributed by atoms with Gasteiger partial charge in [-0.2, -0.15) is 4.37 Å². The Hall–Kier alpha value is -0.900. The highest BCUT2D eigenvalue weighted by Gasteiger charge is 2.11. The van der Waals surface area contributed by atoms with E-state index in [4.69, 9.17) is 11.6 Å². The van der Waals surface area contributed by atoms with E-state index >= 15 is 0 Å². The maximum atomic E-state index is 9.87. The first kappa shape index (κ1) is 9.65. The van der Waals surface area contributed by atoms with E-state index in [2.05, 4.69) is 4.37 Å². The Balaban J connectivity index is 2.28. The highest BCUT2D eigenvalue weighted by Crippen LogP contribution is 2.22. The Labute approximate surface area is 91.0 Å². The fraction of sp³-hybridized carbons (Fsp3) is 0.100. The summed E-state index contributed by atoms with van der Waals surface area (Å²) in [6, 6.07) is 8.92. The molecule has 0 saturated carbocycles. The third kappa shape index (κ3) is 1.95. The van der Waals surface area contributed by atoms with Gasteiger partial charge in [-0.15, -0.1) is 0 Å². The van der Waals surface area contributed by atoms with Crippen LogP contribution in [0.3, 0.4) is 0 Å². The first-order valence-corrected chi connectivity index (χ1v) is 5.32. The van der Waals surface area contributed by atoms with E-state index in [1.807, 2.05) is 11.4 Å². The third-order valence-electron chi connectivity index (χ3n) is 1.92. The molecule has 0 radical (unpaired) electrons. The van der Waals surface area contributed by atoms with E-state index in [-0.39, 0.29) is 0 Å². The van der Waals surface area contributed by atoms with Gasteiger partial charge < -0.3 is 5.11 Å². The lowest BCUT2D eigenvalue weighted by Gasteiger charge is -2.07. The van der Waals surface area contributed by atoms with E-state index < -0.39 is 6.10 Å². The minimum atomic E-state index is -0.654. The van der Waals surface area contributed by atoms with Gasteiger partial charge in [-0.05, 0) is 35.3 Å². The number of aliphatic hydroxyl groups excluding tert-OH is 1. The minimum absolute atomic E-state index is 0.654. The van der Waals surface area contributed by atoms with Crippen molar-refractivity contribution < 1.29 is 5.11 Å². The number of nitrogens with zero attached hydrogens (tertiary/aromatic N) is 1. The number of hydrogen-bond donors (Lipinski definition) is 1. The van der Waals surface area contributed by atoms with Crippen LogP contribution in [0.2, 0.25) is 5.02 Å². The fourth-order valence-corrected chi connectivity index (χ4v) is 1.85. The topological polar surface area (TPSA) is 33.1 Å². The highest BCUT2D eigenvalue weighted by atomic mass is 35.5. The molecule has 1 aromatic heterocycles. The predicted molar refractivity (Wildman–Crippen MR) is 57.6 cm³/mol. The molecule has 72 valence electrons. The molecule has 2 nitrogen and oxygen atoms in total. The van der Waals surface area contributed by atoms with Gasteiger partial charge in [-0.25, -0.2) is 0 Å². The van der Waals surface area contributed by atoms with Gasteiger partial charge in [0.05, 0.1) is 5.69 Å². The van der Waals surface area contributed by atoms with Gasteiger partial charge in [-0.3, -0.25) is 0 Å². The lowest BCUT2D eigenvalue weighted by Crippen LogP contribution is -1.98. The zero-order valence-corrected chi connectivity index (χ0v) is 8.79. The summed E-state index contributed by atoms with van der Waals surface area (Å²) in [5, 5.41) is 12.4. The van der Waals surface area contributed by atoms with Gasteiger partial charge in [-0.1, -0.05) is 23.7 Å². The molecule has 1 atom stereocenters. The molecular weight excluding hydrogens is 218 g/mol. The van der Waals surface area contributed by atoms with Gasteiger partial charge in [0.2, 0.25) is 0 Å². The monoisotopic (exact) mass is 225 g/mol. The van der Waals surface area contributed by atoms with Crippen molar-refractivity contribution >= 4 is 23.1 Å². The van der Waals surface area contributed by atoms with Crippen LogP contribution >= 0.6 is 23.1 Å². The summed E-state index contributed by atoms with van der Waals surface area (Å²) in [6.07, 6.45) is -0.654. The number of benzene rings is 1. The second-order valence-corrected chi connectivity index (χ2v) is 3.98. The molecule has 2 aromatic rings. The first-order valence-electron chi connectivity index (χ1n) is 4.11. The minimum Gasteiger partial charge on any atom is -0.382 e. The van der Waals surface area contributed by atoms with Crippen molar-refractivity contribution in [1.29, 1.82) is 0 Å². The molecular formula is C10H8ClNOS. The number of halogens is 1. The number of hydrogen-bond acceptors (Lipinski definition) is 3. The quantitative estimate of drug-likeness (QED) is 0.853. The van der Waals surface area contributed by atoms with Gasteiger partial charge in [0.15, 0.2) is 0 Å². The standard InChI is InChI=1S/C10H8ClNOS/c11-8-3-1-7(2-4-8)10(13)9-5-6-14-12-9/h1-6,10,13H. The van der Waals surface area contributed by atoms with Crippen LogP contribution in [0.4, 0.5) is 0 Å². The Kier molecular flexibility index (Phi) is 2.82.